The Morgan fingerprint density at radius 3 is 2.63 bits per heavy atom. The monoisotopic (exact) mass is 260 g/mol. The highest BCUT2D eigenvalue weighted by atomic mass is 19.2. The lowest BCUT2D eigenvalue weighted by Crippen LogP contribution is -1.89. The predicted molar refractivity (Wildman–Crippen MR) is 60.7 cm³/mol. The van der Waals surface area contributed by atoms with Gasteiger partial charge in [-0.25, -0.2) is 18.7 Å². The molecule has 0 aliphatic carbocycles. The molecule has 0 spiro atoms. The number of nitrogens with zero attached hydrogens (tertiary/aromatic N) is 4. The van der Waals surface area contributed by atoms with Crippen LogP contribution in [0.1, 0.15) is 0 Å². The molecule has 2 heterocycles. The summed E-state index contributed by atoms with van der Waals surface area (Å²) in [4.78, 5) is 11.6. The minimum atomic E-state index is -1.03. The van der Waals surface area contributed by atoms with Crippen LogP contribution in [-0.2, 0) is 0 Å². The van der Waals surface area contributed by atoms with Gasteiger partial charge < -0.3 is 4.52 Å². The second-order valence-electron chi connectivity index (χ2n) is 3.65. The van der Waals surface area contributed by atoms with Crippen molar-refractivity contribution >= 4 is 0 Å². The Labute approximate surface area is 106 Å². The van der Waals surface area contributed by atoms with E-state index in [1.165, 1.54) is 30.9 Å². The van der Waals surface area contributed by atoms with Crippen LogP contribution in [0.4, 0.5) is 8.78 Å². The van der Waals surface area contributed by atoms with Gasteiger partial charge in [0.05, 0.1) is 11.1 Å². The zero-order valence-corrected chi connectivity index (χ0v) is 9.42. The lowest BCUT2D eigenvalue weighted by atomic mass is 10.2. The molecule has 3 rings (SSSR count). The third-order valence-electron chi connectivity index (χ3n) is 2.43. The standard InChI is InChI=1S/C12H6F2N4O/c13-9-3-1-2-8(10(9)14)12-17-11(18-19-12)7-4-15-6-16-5-7/h1-6H. The van der Waals surface area contributed by atoms with Gasteiger partial charge in [-0.05, 0) is 12.1 Å². The van der Waals surface area contributed by atoms with Crippen LogP contribution >= 0.6 is 0 Å². The van der Waals surface area contributed by atoms with Crippen molar-refractivity contribution in [3.63, 3.8) is 0 Å². The van der Waals surface area contributed by atoms with Crippen LogP contribution in [0, 0.1) is 11.6 Å². The molecule has 19 heavy (non-hydrogen) atoms. The molecule has 5 nitrogen and oxygen atoms in total. The number of benzene rings is 1. The Kier molecular flexibility index (Phi) is 2.71. The van der Waals surface area contributed by atoms with Crippen molar-refractivity contribution in [3.05, 3.63) is 48.6 Å². The summed E-state index contributed by atoms with van der Waals surface area (Å²) in [5, 5.41) is 3.68. The van der Waals surface area contributed by atoms with Crippen molar-refractivity contribution in [1.29, 1.82) is 0 Å². The molecule has 7 heteroatoms. The third kappa shape index (κ3) is 2.05. The second-order valence-corrected chi connectivity index (χ2v) is 3.65. The molecule has 0 amide bonds. The Bertz CT molecular complexity index is 715. The molecule has 2 aromatic heterocycles. The molecule has 0 N–H and O–H groups in total. The molecule has 0 fully saturated rings. The summed E-state index contributed by atoms with van der Waals surface area (Å²) in [7, 11) is 0. The van der Waals surface area contributed by atoms with Crippen LogP contribution in [0.25, 0.3) is 22.8 Å². The minimum Gasteiger partial charge on any atom is -0.333 e. The molecule has 94 valence electrons. The van der Waals surface area contributed by atoms with Crippen molar-refractivity contribution in [2.45, 2.75) is 0 Å². The van der Waals surface area contributed by atoms with Gasteiger partial charge in [-0.2, -0.15) is 4.98 Å². The largest absolute Gasteiger partial charge is 0.333 e. The zero-order valence-electron chi connectivity index (χ0n) is 9.42. The molecule has 0 aliphatic rings. The fraction of sp³-hybridized carbons (Fsp3) is 0. The lowest BCUT2D eigenvalue weighted by molar-refractivity contribution is 0.427. The highest BCUT2D eigenvalue weighted by Crippen LogP contribution is 2.24. The van der Waals surface area contributed by atoms with Crippen LogP contribution in [0.2, 0.25) is 0 Å². The molecule has 1 aromatic carbocycles. The third-order valence-corrected chi connectivity index (χ3v) is 2.43. The maximum atomic E-state index is 13.6. The van der Waals surface area contributed by atoms with Crippen LogP contribution in [-0.4, -0.2) is 20.1 Å². The summed E-state index contributed by atoms with van der Waals surface area (Å²) in [6, 6.07) is 3.74. The van der Waals surface area contributed by atoms with E-state index in [0.717, 1.165) is 6.07 Å². The fourth-order valence-corrected chi connectivity index (χ4v) is 1.53. The molecule has 0 bridgehead atoms. The number of aromatic nitrogens is 4. The topological polar surface area (TPSA) is 64.7 Å². The van der Waals surface area contributed by atoms with Crippen molar-refractivity contribution in [3.8, 4) is 22.8 Å². The van der Waals surface area contributed by atoms with Gasteiger partial charge in [0.15, 0.2) is 11.6 Å². The lowest BCUT2D eigenvalue weighted by Gasteiger charge is -1.97. The molecule has 0 unspecified atom stereocenters. The highest BCUT2D eigenvalue weighted by Gasteiger charge is 2.16. The smallest absolute Gasteiger partial charge is 0.261 e. The van der Waals surface area contributed by atoms with Crippen molar-refractivity contribution in [2.75, 3.05) is 0 Å². The average molecular weight is 260 g/mol. The van der Waals surface area contributed by atoms with Gasteiger partial charge in [0.1, 0.15) is 6.33 Å². The Morgan fingerprint density at radius 2 is 1.84 bits per heavy atom. The maximum absolute atomic E-state index is 13.6. The summed E-state index contributed by atoms with van der Waals surface area (Å²) >= 11 is 0. The number of rotatable bonds is 2. The van der Waals surface area contributed by atoms with Crippen LogP contribution < -0.4 is 0 Å². The first-order valence-electron chi connectivity index (χ1n) is 5.29. The molecular weight excluding hydrogens is 254 g/mol. The molecule has 0 atom stereocenters. The average Bonchev–Trinajstić information content (AvgIpc) is 2.92. The first-order chi connectivity index (χ1) is 9.25. The predicted octanol–water partition coefficient (Wildman–Crippen LogP) is 2.47. The van der Waals surface area contributed by atoms with Crippen LogP contribution in [0.3, 0.4) is 0 Å². The van der Waals surface area contributed by atoms with E-state index in [1.54, 1.807) is 0 Å². The van der Waals surface area contributed by atoms with Crippen LogP contribution in [0.5, 0.6) is 0 Å². The summed E-state index contributed by atoms with van der Waals surface area (Å²) in [6.45, 7) is 0. The molecule has 0 radical (unpaired) electrons. The van der Waals surface area contributed by atoms with Gasteiger partial charge in [-0.3, -0.25) is 0 Å². The number of hydrogen-bond acceptors (Lipinski definition) is 5. The number of halogens is 2. The van der Waals surface area contributed by atoms with E-state index in [9.17, 15) is 8.78 Å². The quantitative estimate of drug-likeness (QED) is 0.708. The van der Waals surface area contributed by atoms with Gasteiger partial charge in [0, 0.05) is 12.4 Å². The first kappa shape index (κ1) is 11.4. The SMILES string of the molecule is Fc1cccc(-c2nc(-c3cncnc3)no2)c1F. The minimum absolute atomic E-state index is 0.0874. The van der Waals surface area contributed by atoms with E-state index in [2.05, 4.69) is 20.1 Å². The fourth-order valence-electron chi connectivity index (χ4n) is 1.53. The maximum Gasteiger partial charge on any atom is 0.261 e. The van der Waals surface area contributed by atoms with E-state index in [4.69, 9.17) is 4.52 Å². The highest BCUT2D eigenvalue weighted by molar-refractivity contribution is 5.58. The Hall–Kier alpha value is -2.70. The van der Waals surface area contributed by atoms with Gasteiger partial charge >= 0.3 is 0 Å². The molecule has 0 saturated carbocycles. The Balaban J connectivity index is 2.05. The van der Waals surface area contributed by atoms with Gasteiger partial charge in [0.2, 0.25) is 5.82 Å². The van der Waals surface area contributed by atoms with Crippen LogP contribution in [0.15, 0.2) is 41.4 Å². The normalized spacial score (nSPS) is 10.6. The molecular formula is C12H6F2N4O. The van der Waals surface area contributed by atoms with E-state index >= 15 is 0 Å². The summed E-state index contributed by atoms with van der Waals surface area (Å²) in [6.07, 6.45) is 4.34. The van der Waals surface area contributed by atoms with E-state index < -0.39 is 11.6 Å². The van der Waals surface area contributed by atoms with E-state index in [0.29, 0.717) is 5.56 Å². The van der Waals surface area contributed by atoms with Gasteiger partial charge in [0.25, 0.3) is 5.89 Å². The summed E-state index contributed by atoms with van der Waals surface area (Å²) in [5.74, 6) is -1.89. The van der Waals surface area contributed by atoms with Crippen molar-refractivity contribution in [2.24, 2.45) is 0 Å². The summed E-state index contributed by atoms with van der Waals surface area (Å²) in [5.41, 5.74) is 0.435. The number of hydrogen-bond donors (Lipinski definition) is 0. The van der Waals surface area contributed by atoms with Crippen molar-refractivity contribution in [1.82, 2.24) is 20.1 Å². The second kappa shape index (κ2) is 4.52. The molecule has 3 aromatic rings. The zero-order chi connectivity index (χ0) is 13.2. The summed E-state index contributed by atoms with van der Waals surface area (Å²) < 4.78 is 31.6. The van der Waals surface area contributed by atoms with Gasteiger partial charge in [-0.1, -0.05) is 11.2 Å². The Morgan fingerprint density at radius 1 is 1.05 bits per heavy atom. The molecule has 0 aliphatic heterocycles. The van der Waals surface area contributed by atoms with E-state index in [-0.39, 0.29) is 17.3 Å². The van der Waals surface area contributed by atoms with E-state index in [1.807, 2.05) is 0 Å². The first-order valence-corrected chi connectivity index (χ1v) is 5.29. The molecule has 0 saturated heterocycles. The van der Waals surface area contributed by atoms with Crippen molar-refractivity contribution < 1.29 is 13.3 Å². The van der Waals surface area contributed by atoms with Gasteiger partial charge in [-0.15, -0.1) is 0 Å².